The molecule has 0 unspecified atom stereocenters. The molecule has 0 aromatic carbocycles. The first-order valence-electron chi connectivity index (χ1n) is 2.30. The monoisotopic (exact) mass is 115 g/mol. The maximum atomic E-state index is 9.49. The summed E-state index contributed by atoms with van der Waals surface area (Å²) in [6, 6.07) is 0. The highest BCUT2D eigenvalue weighted by molar-refractivity contribution is 5.57. The topological polar surface area (TPSA) is 46.2 Å². The van der Waals surface area contributed by atoms with Crippen LogP contribution in [0.3, 0.4) is 0 Å². The number of carbonyl (C=O) groups is 1. The van der Waals surface area contributed by atoms with Gasteiger partial charge in [0.25, 0.3) is 0 Å². The summed E-state index contributed by atoms with van der Waals surface area (Å²) < 4.78 is 3.91. The summed E-state index contributed by atoms with van der Waals surface area (Å²) in [5.41, 5.74) is 0. The normalized spacial score (nSPS) is 9.62. The molecule has 0 aliphatic carbocycles. The van der Waals surface area contributed by atoms with Crippen molar-refractivity contribution in [2.45, 2.75) is 13.3 Å². The number of hydrogen-bond donors (Lipinski definition) is 0. The van der Waals surface area contributed by atoms with Crippen molar-refractivity contribution in [2.24, 2.45) is 0 Å². The number of allylic oxidation sites excluding steroid dienone is 1. The summed E-state index contributed by atoms with van der Waals surface area (Å²) in [7, 11) is 0. The standard InChI is InChI=1S/C5H7O3/c1-2-3-4-8-5(6)7/h3-4H,2H2,1H3. The van der Waals surface area contributed by atoms with Crippen molar-refractivity contribution < 1.29 is 14.6 Å². The fourth-order valence-electron chi connectivity index (χ4n) is 0.200. The van der Waals surface area contributed by atoms with E-state index in [0.717, 1.165) is 12.7 Å². The van der Waals surface area contributed by atoms with E-state index in [4.69, 9.17) is 0 Å². The van der Waals surface area contributed by atoms with Gasteiger partial charge in [-0.1, -0.05) is 6.92 Å². The van der Waals surface area contributed by atoms with E-state index in [0.29, 0.717) is 0 Å². The van der Waals surface area contributed by atoms with Gasteiger partial charge in [0.15, 0.2) is 0 Å². The van der Waals surface area contributed by atoms with E-state index >= 15 is 0 Å². The minimum absolute atomic E-state index is 0.757. The van der Waals surface area contributed by atoms with Crippen molar-refractivity contribution >= 4 is 6.16 Å². The summed E-state index contributed by atoms with van der Waals surface area (Å²) in [4.78, 5) is 9.49. The van der Waals surface area contributed by atoms with Gasteiger partial charge in [-0.15, -0.1) is 0 Å². The van der Waals surface area contributed by atoms with Gasteiger partial charge in [0.1, 0.15) is 0 Å². The number of rotatable bonds is 2. The number of carbonyl (C=O) groups excluding carboxylic acids is 1. The molecular weight excluding hydrogens is 108 g/mol. The van der Waals surface area contributed by atoms with Crippen molar-refractivity contribution in [3.63, 3.8) is 0 Å². The van der Waals surface area contributed by atoms with E-state index in [9.17, 15) is 9.90 Å². The molecule has 0 aliphatic heterocycles. The Morgan fingerprint density at radius 1 is 1.75 bits per heavy atom. The molecule has 0 aliphatic rings. The molecule has 0 spiro atoms. The lowest BCUT2D eigenvalue weighted by atomic mass is 10.5. The molecule has 0 aromatic rings. The Kier molecular flexibility index (Phi) is 3.66. The second kappa shape index (κ2) is 4.18. The third-order valence-electron chi connectivity index (χ3n) is 0.496. The lowest BCUT2D eigenvalue weighted by molar-refractivity contribution is 0.101. The zero-order valence-corrected chi connectivity index (χ0v) is 4.59. The highest BCUT2D eigenvalue weighted by Gasteiger charge is 1.90. The predicted octanol–water partition coefficient (Wildman–Crippen LogP) is 1.48. The van der Waals surface area contributed by atoms with Crippen LogP contribution in [0.25, 0.3) is 0 Å². The molecule has 0 saturated heterocycles. The fourth-order valence-corrected chi connectivity index (χ4v) is 0.200. The Hall–Kier alpha value is -0.990. The molecule has 0 bridgehead atoms. The highest BCUT2D eigenvalue weighted by Crippen LogP contribution is 1.82. The van der Waals surface area contributed by atoms with Crippen LogP contribution in [0, 0.1) is 0 Å². The SMILES string of the molecule is CCC=COC([O])=O. The summed E-state index contributed by atoms with van der Waals surface area (Å²) >= 11 is 0. The Labute approximate surface area is 47.6 Å². The summed E-state index contributed by atoms with van der Waals surface area (Å²) in [5, 5.41) is 9.49. The van der Waals surface area contributed by atoms with Crippen LogP contribution in [0.2, 0.25) is 0 Å². The first-order chi connectivity index (χ1) is 3.77. The Balaban J connectivity index is 3.16. The van der Waals surface area contributed by atoms with Gasteiger partial charge in [-0.05, 0) is 12.5 Å². The van der Waals surface area contributed by atoms with Crippen molar-refractivity contribution in [2.75, 3.05) is 0 Å². The van der Waals surface area contributed by atoms with Crippen LogP contribution in [-0.4, -0.2) is 6.16 Å². The average Bonchev–Trinajstić information content (AvgIpc) is 1.66. The van der Waals surface area contributed by atoms with Gasteiger partial charge < -0.3 is 4.74 Å². The quantitative estimate of drug-likeness (QED) is 0.404. The third-order valence-corrected chi connectivity index (χ3v) is 0.496. The van der Waals surface area contributed by atoms with Crippen LogP contribution in [0.1, 0.15) is 13.3 Å². The van der Waals surface area contributed by atoms with Crippen molar-refractivity contribution in [3.05, 3.63) is 12.3 Å². The molecule has 1 radical (unpaired) electrons. The largest absolute Gasteiger partial charge is 0.555 e. The minimum atomic E-state index is -1.52. The molecule has 0 rings (SSSR count). The Morgan fingerprint density at radius 3 is 2.75 bits per heavy atom. The maximum Gasteiger partial charge on any atom is 0.555 e. The van der Waals surface area contributed by atoms with E-state index in [-0.39, 0.29) is 0 Å². The Bertz CT molecular complexity index is 95.8. The molecule has 0 N–H and O–H groups in total. The van der Waals surface area contributed by atoms with E-state index in [2.05, 4.69) is 4.74 Å². The fraction of sp³-hybridized carbons (Fsp3) is 0.400. The van der Waals surface area contributed by atoms with Crippen molar-refractivity contribution in [3.8, 4) is 0 Å². The van der Waals surface area contributed by atoms with Gasteiger partial charge in [-0.2, -0.15) is 9.90 Å². The Morgan fingerprint density at radius 2 is 2.38 bits per heavy atom. The summed E-state index contributed by atoms with van der Waals surface area (Å²) in [5.74, 6) is 0. The first-order valence-corrected chi connectivity index (χ1v) is 2.30. The van der Waals surface area contributed by atoms with Gasteiger partial charge in [0, 0.05) is 0 Å². The second-order valence-electron chi connectivity index (χ2n) is 1.15. The van der Waals surface area contributed by atoms with Crippen LogP contribution in [0.4, 0.5) is 4.79 Å². The molecular formula is C5H7O3. The number of hydrogen-bond acceptors (Lipinski definition) is 2. The van der Waals surface area contributed by atoms with Gasteiger partial charge in [-0.25, -0.2) is 0 Å². The average molecular weight is 115 g/mol. The van der Waals surface area contributed by atoms with Crippen molar-refractivity contribution in [1.29, 1.82) is 0 Å². The molecule has 8 heavy (non-hydrogen) atoms. The highest BCUT2D eigenvalue weighted by atomic mass is 16.7. The van der Waals surface area contributed by atoms with E-state index in [1.807, 2.05) is 6.92 Å². The summed E-state index contributed by atoms with van der Waals surface area (Å²) in [6.45, 7) is 1.87. The van der Waals surface area contributed by atoms with Crippen LogP contribution in [0.15, 0.2) is 12.3 Å². The lowest BCUT2D eigenvalue weighted by Crippen LogP contribution is -1.88. The molecule has 3 heteroatoms. The van der Waals surface area contributed by atoms with Gasteiger partial charge in [0.05, 0.1) is 6.26 Å². The van der Waals surface area contributed by atoms with Crippen LogP contribution >= 0.6 is 0 Å². The van der Waals surface area contributed by atoms with Crippen LogP contribution < -0.4 is 0 Å². The zero-order chi connectivity index (χ0) is 6.41. The molecule has 0 aromatic heterocycles. The number of ether oxygens (including phenoxy) is 1. The van der Waals surface area contributed by atoms with Gasteiger partial charge in [0.2, 0.25) is 0 Å². The molecule has 0 amide bonds. The molecule has 45 valence electrons. The molecule has 0 fully saturated rings. The maximum absolute atomic E-state index is 9.49. The van der Waals surface area contributed by atoms with Gasteiger partial charge in [-0.3, -0.25) is 0 Å². The van der Waals surface area contributed by atoms with Crippen LogP contribution in [0.5, 0.6) is 0 Å². The molecule has 0 heterocycles. The summed E-state index contributed by atoms with van der Waals surface area (Å²) in [6.07, 6.45) is 1.91. The van der Waals surface area contributed by atoms with Crippen molar-refractivity contribution in [1.82, 2.24) is 0 Å². The third kappa shape index (κ3) is 5.01. The van der Waals surface area contributed by atoms with Gasteiger partial charge >= 0.3 is 6.16 Å². The van der Waals surface area contributed by atoms with E-state index < -0.39 is 6.16 Å². The minimum Gasteiger partial charge on any atom is -0.401 e. The molecule has 3 nitrogen and oxygen atoms in total. The molecule has 0 saturated carbocycles. The second-order valence-corrected chi connectivity index (χ2v) is 1.15. The van der Waals surface area contributed by atoms with E-state index in [1.54, 1.807) is 6.08 Å². The predicted molar refractivity (Wildman–Crippen MR) is 26.6 cm³/mol. The smallest absolute Gasteiger partial charge is 0.401 e. The van der Waals surface area contributed by atoms with Crippen LogP contribution in [-0.2, 0) is 9.84 Å². The molecule has 0 atom stereocenters. The lowest BCUT2D eigenvalue weighted by Gasteiger charge is -1.82. The van der Waals surface area contributed by atoms with E-state index in [1.165, 1.54) is 0 Å². The zero-order valence-electron chi connectivity index (χ0n) is 4.59. The first kappa shape index (κ1) is 7.01.